The molecular formula is C22H26N4O2. The fourth-order valence-corrected chi connectivity index (χ4v) is 4.07. The van der Waals surface area contributed by atoms with E-state index in [1.54, 1.807) is 4.90 Å². The molecule has 0 unspecified atom stereocenters. The van der Waals surface area contributed by atoms with Crippen LogP contribution in [0.4, 0.5) is 4.79 Å². The van der Waals surface area contributed by atoms with Crippen LogP contribution >= 0.6 is 0 Å². The number of rotatable bonds is 4. The van der Waals surface area contributed by atoms with Crippen LogP contribution in [0, 0.1) is 6.92 Å². The first kappa shape index (κ1) is 18.5. The van der Waals surface area contributed by atoms with E-state index in [1.807, 2.05) is 62.9 Å². The summed E-state index contributed by atoms with van der Waals surface area (Å²) in [6.45, 7) is 2.32. The van der Waals surface area contributed by atoms with Crippen LogP contribution in [0.15, 0.2) is 48.9 Å². The van der Waals surface area contributed by atoms with Gasteiger partial charge in [-0.2, -0.15) is 0 Å². The first-order valence-electron chi connectivity index (χ1n) is 9.85. The minimum atomic E-state index is -0.250. The Morgan fingerprint density at radius 2 is 1.93 bits per heavy atom. The van der Waals surface area contributed by atoms with Gasteiger partial charge < -0.3 is 14.0 Å². The number of hydrogen-bond donors (Lipinski definition) is 0. The minimum absolute atomic E-state index is 0.217. The number of amides is 1. The first-order valence-corrected chi connectivity index (χ1v) is 9.85. The van der Waals surface area contributed by atoms with E-state index in [4.69, 9.17) is 4.74 Å². The average molecular weight is 378 g/mol. The maximum absolute atomic E-state index is 12.4. The van der Waals surface area contributed by atoms with Gasteiger partial charge in [0.15, 0.2) is 0 Å². The van der Waals surface area contributed by atoms with E-state index in [1.165, 1.54) is 0 Å². The van der Waals surface area contributed by atoms with Gasteiger partial charge in [-0.05, 0) is 38.2 Å². The maximum Gasteiger partial charge on any atom is 0.410 e. The molecule has 0 saturated heterocycles. The smallest absolute Gasteiger partial charge is 0.410 e. The molecule has 3 aromatic rings. The standard InChI is InChI=1S/C22H26N4O2/c1-16-20-14-24-21(26(20)13-12-23-16)18-8-10-19(11-9-18)25(2)22(27)28-15-17-6-4-3-5-7-17/h3-7,12-14,18-19H,8-11,15H2,1-2H3. The summed E-state index contributed by atoms with van der Waals surface area (Å²) in [5.74, 6) is 1.52. The van der Waals surface area contributed by atoms with E-state index in [9.17, 15) is 4.79 Å². The number of aryl methyl sites for hydroxylation is 1. The van der Waals surface area contributed by atoms with Gasteiger partial charge in [-0.25, -0.2) is 9.78 Å². The Hall–Kier alpha value is -2.89. The van der Waals surface area contributed by atoms with Crippen LogP contribution in [0.25, 0.3) is 5.52 Å². The molecule has 1 aromatic carbocycles. The molecule has 1 saturated carbocycles. The molecule has 0 N–H and O–H groups in total. The lowest BCUT2D eigenvalue weighted by Gasteiger charge is -2.33. The SMILES string of the molecule is Cc1nccn2c(C3CCC(N(C)C(=O)OCc4ccccc4)CC3)ncc12. The molecule has 6 heteroatoms. The predicted molar refractivity (Wildman–Crippen MR) is 107 cm³/mol. The van der Waals surface area contributed by atoms with Crippen molar-refractivity contribution in [3.63, 3.8) is 0 Å². The van der Waals surface area contributed by atoms with E-state index in [2.05, 4.69) is 14.4 Å². The second-order valence-electron chi connectivity index (χ2n) is 7.54. The Balaban J connectivity index is 1.34. The summed E-state index contributed by atoms with van der Waals surface area (Å²) in [6, 6.07) is 10.00. The van der Waals surface area contributed by atoms with E-state index in [0.29, 0.717) is 12.5 Å². The van der Waals surface area contributed by atoms with Crippen LogP contribution in [0.3, 0.4) is 0 Å². The molecule has 0 bridgehead atoms. The summed E-state index contributed by atoms with van der Waals surface area (Å²) in [7, 11) is 1.85. The lowest BCUT2D eigenvalue weighted by atomic mass is 9.85. The highest BCUT2D eigenvalue weighted by molar-refractivity contribution is 5.67. The first-order chi connectivity index (χ1) is 13.6. The Morgan fingerprint density at radius 3 is 2.68 bits per heavy atom. The average Bonchev–Trinajstić information content (AvgIpc) is 3.18. The summed E-state index contributed by atoms with van der Waals surface area (Å²) in [6.07, 6.45) is 9.43. The van der Waals surface area contributed by atoms with Crippen LogP contribution < -0.4 is 0 Å². The van der Waals surface area contributed by atoms with Gasteiger partial charge in [-0.1, -0.05) is 30.3 Å². The summed E-state index contributed by atoms with van der Waals surface area (Å²) < 4.78 is 7.63. The van der Waals surface area contributed by atoms with Gasteiger partial charge in [0.1, 0.15) is 12.4 Å². The molecule has 2 aromatic heterocycles. The van der Waals surface area contributed by atoms with Crippen molar-refractivity contribution in [1.82, 2.24) is 19.3 Å². The molecule has 0 spiro atoms. The quantitative estimate of drug-likeness (QED) is 0.678. The maximum atomic E-state index is 12.4. The van der Waals surface area contributed by atoms with Crippen molar-refractivity contribution in [3.05, 3.63) is 66.0 Å². The van der Waals surface area contributed by atoms with E-state index in [0.717, 1.165) is 48.3 Å². The largest absolute Gasteiger partial charge is 0.445 e. The molecular weight excluding hydrogens is 352 g/mol. The lowest BCUT2D eigenvalue weighted by molar-refractivity contribution is 0.0818. The zero-order valence-corrected chi connectivity index (χ0v) is 16.4. The highest BCUT2D eigenvalue weighted by atomic mass is 16.6. The predicted octanol–water partition coefficient (Wildman–Crippen LogP) is 4.33. The molecule has 1 aliphatic carbocycles. The molecule has 1 amide bonds. The third-order valence-electron chi connectivity index (χ3n) is 5.78. The van der Waals surface area contributed by atoms with Crippen molar-refractivity contribution >= 4 is 11.6 Å². The molecule has 146 valence electrons. The number of imidazole rings is 1. The summed E-state index contributed by atoms with van der Waals surface area (Å²) in [4.78, 5) is 23.2. The number of ether oxygens (including phenoxy) is 1. The Labute approximate surface area is 165 Å². The second-order valence-corrected chi connectivity index (χ2v) is 7.54. The van der Waals surface area contributed by atoms with Crippen molar-refractivity contribution in [2.45, 2.75) is 51.2 Å². The normalized spacial score (nSPS) is 19.5. The number of benzene rings is 1. The number of aromatic nitrogens is 3. The second kappa shape index (κ2) is 8.00. The zero-order chi connectivity index (χ0) is 19.5. The van der Waals surface area contributed by atoms with Crippen molar-refractivity contribution in [3.8, 4) is 0 Å². The lowest BCUT2D eigenvalue weighted by Crippen LogP contribution is -2.39. The Bertz CT molecular complexity index is 946. The van der Waals surface area contributed by atoms with Crippen molar-refractivity contribution in [2.75, 3.05) is 7.05 Å². The van der Waals surface area contributed by atoms with Gasteiger partial charge in [-0.3, -0.25) is 4.98 Å². The van der Waals surface area contributed by atoms with Gasteiger partial charge >= 0.3 is 6.09 Å². The van der Waals surface area contributed by atoms with Gasteiger partial charge in [0, 0.05) is 31.4 Å². The number of carbonyl (C=O) groups is 1. The van der Waals surface area contributed by atoms with E-state index >= 15 is 0 Å². The van der Waals surface area contributed by atoms with Crippen LogP contribution in [0.5, 0.6) is 0 Å². The molecule has 1 fully saturated rings. The summed E-state index contributed by atoms with van der Waals surface area (Å²) in [5.41, 5.74) is 3.07. The highest BCUT2D eigenvalue weighted by Gasteiger charge is 2.29. The third kappa shape index (κ3) is 3.72. The van der Waals surface area contributed by atoms with Crippen LogP contribution in [-0.4, -0.2) is 38.5 Å². The topological polar surface area (TPSA) is 59.7 Å². The summed E-state index contributed by atoms with van der Waals surface area (Å²) in [5, 5.41) is 0. The number of fused-ring (bicyclic) bond motifs is 1. The van der Waals surface area contributed by atoms with Crippen molar-refractivity contribution < 1.29 is 9.53 Å². The van der Waals surface area contributed by atoms with E-state index in [-0.39, 0.29) is 12.1 Å². The van der Waals surface area contributed by atoms with E-state index < -0.39 is 0 Å². The fraction of sp³-hybridized carbons (Fsp3) is 0.409. The van der Waals surface area contributed by atoms with Gasteiger partial charge in [0.2, 0.25) is 0 Å². The molecule has 0 radical (unpaired) electrons. The Morgan fingerprint density at radius 1 is 1.18 bits per heavy atom. The van der Waals surface area contributed by atoms with Crippen molar-refractivity contribution in [2.24, 2.45) is 0 Å². The van der Waals surface area contributed by atoms with Crippen LogP contribution in [-0.2, 0) is 11.3 Å². The molecule has 0 aliphatic heterocycles. The number of hydrogen-bond acceptors (Lipinski definition) is 4. The van der Waals surface area contributed by atoms with Crippen LogP contribution in [0.2, 0.25) is 0 Å². The summed E-state index contributed by atoms with van der Waals surface area (Å²) >= 11 is 0. The molecule has 6 nitrogen and oxygen atoms in total. The number of carbonyl (C=O) groups excluding carboxylic acids is 1. The van der Waals surface area contributed by atoms with Gasteiger partial charge in [0.25, 0.3) is 0 Å². The number of nitrogens with zero attached hydrogens (tertiary/aromatic N) is 4. The fourth-order valence-electron chi connectivity index (χ4n) is 4.07. The molecule has 28 heavy (non-hydrogen) atoms. The van der Waals surface area contributed by atoms with Crippen LogP contribution in [0.1, 0.15) is 48.7 Å². The Kier molecular flexibility index (Phi) is 5.28. The zero-order valence-electron chi connectivity index (χ0n) is 16.4. The van der Waals surface area contributed by atoms with Gasteiger partial charge in [0.05, 0.1) is 17.4 Å². The molecule has 4 rings (SSSR count). The highest BCUT2D eigenvalue weighted by Crippen LogP contribution is 2.34. The molecule has 0 atom stereocenters. The minimum Gasteiger partial charge on any atom is -0.445 e. The monoisotopic (exact) mass is 378 g/mol. The molecule has 2 heterocycles. The third-order valence-corrected chi connectivity index (χ3v) is 5.78. The van der Waals surface area contributed by atoms with Gasteiger partial charge in [-0.15, -0.1) is 0 Å². The van der Waals surface area contributed by atoms with Crippen molar-refractivity contribution in [1.29, 1.82) is 0 Å². The molecule has 1 aliphatic rings.